The average molecular weight is 440 g/mol. The van der Waals surface area contributed by atoms with Gasteiger partial charge in [-0.2, -0.15) is 0 Å². The Bertz CT molecular complexity index is 1060. The predicted molar refractivity (Wildman–Crippen MR) is 122 cm³/mol. The lowest BCUT2D eigenvalue weighted by Crippen LogP contribution is -2.35. The highest BCUT2D eigenvalue weighted by atomic mass is 16.7. The van der Waals surface area contributed by atoms with Crippen molar-refractivity contribution in [2.75, 3.05) is 34.5 Å². The van der Waals surface area contributed by atoms with Gasteiger partial charge in [0.2, 0.25) is 6.79 Å². The van der Waals surface area contributed by atoms with Crippen molar-refractivity contribution in [1.29, 1.82) is 0 Å². The van der Waals surface area contributed by atoms with Crippen molar-refractivity contribution in [3.05, 3.63) is 65.9 Å². The van der Waals surface area contributed by atoms with Crippen LogP contribution in [-0.2, 0) is 27.1 Å². The molecule has 0 aliphatic rings. The Morgan fingerprint density at radius 2 is 1.84 bits per heavy atom. The molecular formula is C24H29N3O5. The molecule has 0 bridgehead atoms. The molecule has 1 aromatic heterocycles. The van der Waals surface area contributed by atoms with Gasteiger partial charge in [-0.15, -0.1) is 0 Å². The van der Waals surface area contributed by atoms with E-state index in [0.29, 0.717) is 17.7 Å². The number of methoxy groups -OCH3 is 1. The van der Waals surface area contributed by atoms with E-state index in [0.717, 1.165) is 29.5 Å². The number of benzene rings is 2. The van der Waals surface area contributed by atoms with Gasteiger partial charge in [0.25, 0.3) is 0 Å². The van der Waals surface area contributed by atoms with Gasteiger partial charge >= 0.3 is 12.1 Å². The maximum atomic E-state index is 12.7. The van der Waals surface area contributed by atoms with E-state index in [1.807, 2.05) is 50.5 Å². The second-order valence-electron chi connectivity index (χ2n) is 7.75. The van der Waals surface area contributed by atoms with Crippen LogP contribution >= 0.6 is 0 Å². The Hall–Kier alpha value is -3.36. The fraction of sp³-hybridized carbons (Fsp3) is 0.333. The van der Waals surface area contributed by atoms with Crippen LogP contribution in [0.15, 0.2) is 54.7 Å². The van der Waals surface area contributed by atoms with E-state index in [4.69, 9.17) is 19.9 Å². The van der Waals surface area contributed by atoms with Crippen molar-refractivity contribution in [1.82, 2.24) is 9.47 Å². The van der Waals surface area contributed by atoms with Gasteiger partial charge in [-0.05, 0) is 56.3 Å². The van der Waals surface area contributed by atoms with Gasteiger partial charge in [0.1, 0.15) is 11.8 Å². The Morgan fingerprint density at radius 1 is 1.09 bits per heavy atom. The molecule has 1 atom stereocenters. The highest BCUT2D eigenvalue weighted by Gasteiger charge is 2.19. The first kappa shape index (κ1) is 23.3. The molecule has 3 aromatic rings. The van der Waals surface area contributed by atoms with Crippen LogP contribution < -0.4 is 10.5 Å². The van der Waals surface area contributed by atoms with E-state index in [1.54, 1.807) is 25.4 Å². The average Bonchev–Trinajstić information content (AvgIpc) is 3.16. The second-order valence-corrected chi connectivity index (χ2v) is 7.75. The normalized spacial score (nSPS) is 12.0. The number of hydrogen-bond acceptors (Lipinski definition) is 7. The standard InChI is InChI=1S/C24H29N3O5/c1-26(2)12-11-18-15-27(22-10-9-19(30-3)14-20(18)22)24(29)32-16-31-23(28)21(25)13-17-7-5-4-6-8-17/h4-10,14-15,21H,11-13,16,25H2,1-3H3/t21-/m0/s1. The van der Waals surface area contributed by atoms with Crippen molar-refractivity contribution < 1.29 is 23.8 Å². The fourth-order valence-electron chi connectivity index (χ4n) is 3.36. The van der Waals surface area contributed by atoms with Crippen molar-refractivity contribution in [3.63, 3.8) is 0 Å². The van der Waals surface area contributed by atoms with Crippen molar-refractivity contribution in [3.8, 4) is 5.75 Å². The number of likely N-dealkylation sites (N-methyl/N-ethyl adjacent to an activating group) is 1. The van der Waals surface area contributed by atoms with Crippen molar-refractivity contribution >= 4 is 23.0 Å². The lowest BCUT2D eigenvalue weighted by Gasteiger charge is -2.12. The number of carbonyl (C=O) groups is 2. The second kappa shape index (κ2) is 10.8. The van der Waals surface area contributed by atoms with Crippen LogP contribution in [0, 0.1) is 0 Å². The summed E-state index contributed by atoms with van der Waals surface area (Å²) in [5.41, 5.74) is 8.51. The molecule has 1 heterocycles. The van der Waals surface area contributed by atoms with Gasteiger partial charge < -0.3 is 24.8 Å². The van der Waals surface area contributed by atoms with E-state index in [1.165, 1.54) is 4.57 Å². The maximum absolute atomic E-state index is 12.7. The van der Waals surface area contributed by atoms with Crippen LogP contribution in [0.3, 0.4) is 0 Å². The molecule has 0 fully saturated rings. The summed E-state index contributed by atoms with van der Waals surface area (Å²) in [6.07, 6.45) is 2.20. The fourth-order valence-corrected chi connectivity index (χ4v) is 3.36. The third-order valence-corrected chi connectivity index (χ3v) is 5.10. The van der Waals surface area contributed by atoms with Gasteiger partial charge in [-0.1, -0.05) is 30.3 Å². The zero-order chi connectivity index (χ0) is 23.1. The Labute approximate surface area is 187 Å². The van der Waals surface area contributed by atoms with Crippen LogP contribution in [0.5, 0.6) is 5.75 Å². The summed E-state index contributed by atoms with van der Waals surface area (Å²) in [6.45, 7) is 0.311. The van der Waals surface area contributed by atoms with Gasteiger partial charge in [0.05, 0.1) is 12.6 Å². The molecule has 0 amide bonds. The lowest BCUT2D eigenvalue weighted by atomic mass is 10.1. The molecule has 2 N–H and O–H groups in total. The Kier molecular flexibility index (Phi) is 7.86. The van der Waals surface area contributed by atoms with E-state index < -0.39 is 24.9 Å². The maximum Gasteiger partial charge on any atom is 0.421 e. The number of nitrogens with zero attached hydrogens (tertiary/aromatic N) is 2. The largest absolute Gasteiger partial charge is 0.497 e. The third kappa shape index (κ3) is 5.87. The number of aromatic nitrogens is 1. The number of carbonyl (C=O) groups excluding carboxylic acids is 2. The molecule has 2 aromatic carbocycles. The molecule has 3 rings (SSSR count). The van der Waals surface area contributed by atoms with Crippen molar-refractivity contribution in [2.45, 2.75) is 18.9 Å². The number of fused-ring (bicyclic) bond motifs is 1. The number of hydrogen-bond donors (Lipinski definition) is 1. The summed E-state index contributed by atoms with van der Waals surface area (Å²) in [5, 5.41) is 0.907. The first-order valence-corrected chi connectivity index (χ1v) is 10.3. The zero-order valence-corrected chi connectivity index (χ0v) is 18.6. The molecule has 170 valence electrons. The van der Waals surface area contributed by atoms with Gasteiger partial charge in [-0.3, -0.25) is 9.36 Å². The molecule has 0 spiro atoms. The summed E-state index contributed by atoms with van der Waals surface area (Å²) in [5.74, 6) is 0.0754. The smallest absolute Gasteiger partial charge is 0.421 e. The van der Waals surface area contributed by atoms with Crippen LogP contribution in [0.1, 0.15) is 11.1 Å². The van der Waals surface area contributed by atoms with Gasteiger partial charge in [-0.25, -0.2) is 4.79 Å². The highest BCUT2D eigenvalue weighted by Crippen LogP contribution is 2.27. The molecule has 32 heavy (non-hydrogen) atoms. The summed E-state index contributed by atoms with van der Waals surface area (Å²) < 4.78 is 17.0. The predicted octanol–water partition coefficient (Wildman–Crippen LogP) is 2.81. The first-order valence-electron chi connectivity index (χ1n) is 10.3. The summed E-state index contributed by atoms with van der Waals surface area (Å²) in [6, 6.07) is 14.0. The Morgan fingerprint density at radius 3 is 2.53 bits per heavy atom. The molecule has 0 saturated heterocycles. The highest BCUT2D eigenvalue weighted by molar-refractivity contribution is 5.92. The minimum Gasteiger partial charge on any atom is -0.497 e. The molecular weight excluding hydrogens is 410 g/mol. The molecule has 0 saturated carbocycles. The summed E-state index contributed by atoms with van der Waals surface area (Å²) in [4.78, 5) is 26.9. The monoisotopic (exact) mass is 439 g/mol. The summed E-state index contributed by atoms with van der Waals surface area (Å²) >= 11 is 0. The van der Waals surface area contributed by atoms with Gasteiger partial charge in [0.15, 0.2) is 0 Å². The molecule has 0 unspecified atom stereocenters. The molecule has 8 nitrogen and oxygen atoms in total. The van der Waals surface area contributed by atoms with Crippen LogP contribution in [-0.4, -0.2) is 62.1 Å². The minimum absolute atomic E-state index is 0.340. The van der Waals surface area contributed by atoms with Crippen molar-refractivity contribution in [2.24, 2.45) is 5.73 Å². The number of rotatable bonds is 9. The molecule has 0 aliphatic carbocycles. The molecule has 0 aliphatic heterocycles. The zero-order valence-electron chi connectivity index (χ0n) is 18.6. The van der Waals surface area contributed by atoms with E-state index >= 15 is 0 Å². The number of esters is 1. The van der Waals surface area contributed by atoms with E-state index in [-0.39, 0.29) is 0 Å². The molecule has 8 heteroatoms. The van der Waals surface area contributed by atoms with Gasteiger partial charge in [0, 0.05) is 18.1 Å². The number of ether oxygens (including phenoxy) is 3. The summed E-state index contributed by atoms with van der Waals surface area (Å²) in [7, 11) is 5.58. The van der Waals surface area contributed by atoms with Crippen LogP contribution in [0.25, 0.3) is 10.9 Å². The lowest BCUT2D eigenvalue weighted by molar-refractivity contribution is -0.153. The number of nitrogens with two attached hydrogens (primary N) is 1. The SMILES string of the molecule is COc1ccc2c(c1)c(CCN(C)C)cn2C(=O)OCOC(=O)[C@@H](N)Cc1ccccc1. The Balaban J connectivity index is 1.64. The third-order valence-electron chi connectivity index (χ3n) is 5.10. The topological polar surface area (TPSA) is 96.0 Å². The van der Waals surface area contributed by atoms with Crippen LogP contribution in [0.2, 0.25) is 0 Å². The molecule has 0 radical (unpaired) electrons. The van der Waals surface area contributed by atoms with Crippen LogP contribution in [0.4, 0.5) is 4.79 Å². The quantitative estimate of drug-likeness (QED) is 0.405. The van der Waals surface area contributed by atoms with E-state index in [2.05, 4.69) is 4.90 Å². The van der Waals surface area contributed by atoms with E-state index in [9.17, 15) is 9.59 Å². The minimum atomic E-state index is -0.839. The first-order chi connectivity index (χ1) is 15.4.